The van der Waals surface area contributed by atoms with Crippen molar-refractivity contribution in [1.82, 2.24) is 0 Å². The summed E-state index contributed by atoms with van der Waals surface area (Å²) in [5, 5.41) is 4.53. The zero-order chi connectivity index (χ0) is 21.7. The molecule has 4 nitrogen and oxygen atoms in total. The number of unbranched alkanes of at least 4 members (excludes halogenated alkanes) is 1. The first kappa shape index (κ1) is 21.6. The maximum Gasteiger partial charge on any atom is 0.333 e. The van der Waals surface area contributed by atoms with E-state index in [4.69, 9.17) is 9.47 Å². The minimum Gasteiger partial charge on any atom is -0.462 e. The molecule has 0 aliphatic carbocycles. The highest BCUT2D eigenvalue weighted by Crippen LogP contribution is 2.29. The van der Waals surface area contributed by atoms with Gasteiger partial charge in [0, 0.05) is 5.57 Å². The van der Waals surface area contributed by atoms with Gasteiger partial charge in [-0.05, 0) is 65.4 Å². The van der Waals surface area contributed by atoms with E-state index in [1.807, 2.05) is 32.0 Å². The highest BCUT2D eigenvalue weighted by atomic mass is 16.5. The third kappa shape index (κ3) is 5.26. The highest BCUT2D eigenvalue weighted by Gasteiger charge is 2.11. The van der Waals surface area contributed by atoms with Gasteiger partial charge in [-0.1, -0.05) is 56.8 Å². The van der Waals surface area contributed by atoms with E-state index in [-0.39, 0.29) is 17.9 Å². The van der Waals surface area contributed by atoms with Crippen molar-refractivity contribution in [1.29, 1.82) is 0 Å². The van der Waals surface area contributed by atoms with E-state index in [1.54, 1.807) is 6.92 Å². The van der Waals surface area contributed by atoms with Crippen molar-refractivity contribution in [3.05, 3.63) is 66.2 Å². The Bertz CT molecular complexity index is 1090. The third-order valence-electron chi connectivity index (χ3n) is 5.00. The lowest BCUT2D eigenvalue weighted by Crippen LogP contribution is -2.14. The summed E-state index contributed by atoms with van der Waals surface area (Å²) in [6, 6.07) is 16.4. The van der Waals surface area contributed by atoms with Gasteiger partial charge in [0.1, 0.15) is 5.75 Å². The van der Waals surface area contributed by atoms with Gasteiger partial charge in [-0.25, -0.2) is 4.79 Å². The third-order valence-corrected chi connectivity index (χ3v) is 5.00. The van der Waals surface area contributed by atoms with Gasteiger partial charge >= 0.3 is 11.9 Å². The van der Waals surface area contributed by atoms with Crippen LogP contribution in [-0.2, 0) is 20.7 Å². The number of carbonyl (C=O) groups excluding carboxylic acids is 2. The van der Waals surface area contributed by atoms with Crippen molar-refractivity contribution in [2.45, 2.75) is 40.0 Å². The zero-order valence-corrected chi connectivity index (χ0v) is 17.9. The number of ether oxygens (including phenoxy) is 2. The Morgan fingerprint density at radius 3 is 2.27 bits per heavy atom. The van der Waals surface area contributed by atoms with Crippen molar-refractivity contribution in [2.75, 3.05) is 6.61 Å². The minimum absolute atomic E-state index is 0.158. The first-order valence-corrected chi connectivity index (χ1v) is 10.3. The Balaban J connectivity index is 1.68. The molecule has 0 saturated carbocycles. The van der Waals surface area contributed by atoms with Gasteiger partial charge < -0.3 is 9.47 Å². The monoisotopic (exact) mass is 404 g/mol. The van der Waals surface area contributed by atoms with E-state index in [1.165, 1.54) is 16.3 Å². The Morgan fingerprint density at radius 2 is 1.60 bits per heavy atom. The maximum atomic E-state index is 11.8. The first-order chi connectivity index (χ1) is 14.3. The van der Waals surface area contributed by atoms with Crippen LogP contribution >= 0.6 is 0 Å². The van der Waals surface area contributed by atoms with Crippen LogP contribution in [0.1, 0.15) is 39.2 Å². The predicted octanol–water partition coefficient (Wildman–Crippen LogP) is 6.00. The van der Waals surface area contributed by atoms with Crippen LogP contribution < -0.4 is 4.74 Å². The Labute approximate surface area is 177 Å². The van der Waals surface area contributed by atoms with Gasteiger partial charge in [-0.15, -0.1) is 0 Å². The van der Waals surface area contributed by atoms with E-state index in [0.29, 0.717) is 17.9 Å². The van der Waals surface area contributed by atoms with Crippen LogP contribution in [0.5, 0.6) is 5.75 Å². The van der Waals surface area contributed by atoms with Crippen molar-refractivity contribution < 1.29 is 19.1 Å². The maximum absolute atomic E-state index is 11.8. The molecule has 0 amide bonds. The van der Waals surface area contributed by atoms with Crippen molar-refractivity contribution in [3.8, 4) is 5.75 Å². The van der Waals surface area contributed by atoms with E-state index in [9.17, 15) is 9.59 Å². The topological polar surface area (TPSA) is 52.6 Å². The van der Waals surface area contributed by atoms with Gasteiger partial charge in [0.2, 0.25) is 0 Å². The molecule has 0 heterocycles. The molecule has 0 aromatic heterocycles. The molecule has 0 N–H and O–H groups in total. The number of benzene rings is 3. The SMILES string of the molecule is C=C(C)C(=O)OCCCCc1ccc2c(ccc3cc(OC(=O)C(C)C)ccc32)c1. The molecular formula is C26H28O4. The lowest BCUT2D eigenvalue weighted by Gasteiger charge is -2.10. The van der Waals surface area contributed by atoms with Gasteiger partial charge in [-0.3, -0.25) is 4.79 Å². The van der Waals surface area contributed by atoms with Crippen molar-refractivity contribution in [3.63, 3.8) is 0 Å². The molecule has 0 atom stereocenters. The van der Waals surface area contributed by atoms with E-state index < -0.39 is 0 Å². The number of esters is 2. The summed E-state index contributed by atoms with van der Waals surface area (Å²) in [7, 11) is 0. The highest BCUT2D eigenvalue weighted by molar-refractivity contribution is 6.08. The van der Waals surface area contributed by atoms with E-state index in [2.05, 4.69) is 36.9 Å². The van der Waals surface area contributed by atoms with Gasteiger partial charge in [0.05, 0.1) is 12.5 Å². The van der Waals surface area contributed by atoms with Crippen LogP contribution in [-0.4, -0.2) is 18.5 Å². The van der Waals surface area contributed by atoms with Gasteiger partial charge in [0.15, 0.2) is 0 Å². The fourth-order valence-electron chi connectivity index (χ4n) is 3.27. The quantitative estimate of drug-likeness (QED) is 0.152. The van der Waals surface area contributed by atoms with Crippen LogP contribution in [0.4, 0.5) is 0 Å². The van der Waals surface area contributed by atoms with Crippen LogP contribution in [0.2, 0.25) is 0 Å². The molecule has 0 unspecified atom stereocenters. The second-order valence-corrected chi connectivity index (χ2v) is 7.95. The van der Waals surface area contributed by atoms with E-state index >= 15 is 0 Å². The average molecular weight is 405 g/mol. The second kappa shape index (κ2) is 9.57. The zero-order valence-electron chi connectivity index (χ0n) is 17.9. The standard InChI is InChI=1S/C26H28O4/c1-17(2)25(27)29-14-6-5-7-19-8-12-23-20(15-19)9-10-21-16-22(11-13-24(21)23)30-26(28)18(3)4/h8-13,15-16,18H,1,5-7,14H2,2-4H3. The summed E-state index contributed by atoms with van der Waals surface area (Å²) in [5.41, 5.74) is 1.69. The lowest BCUT2D eigenvalue weighted by molar-refractivity contribution is -0.139. The van der Waals surface area contributed by atoms with Gasteiger partial charge in [0.25, 0.3) is 0 Å². The summed E-state index contributed by atoms with van der Waals surface area (Å²) in [4.78, 5) is 23.2. The van der Waals surface area contributed by atoms with Crippen molar-refractivity contribution >= 4 is 33.5 Å². The molecular weight excluding hydrogens is 376 g/mol. The fourth-order valence-corrected chi connectivity index (χ4v) is 3.27. The number of carbonyl (C=O) groups is 2. The average Bonchev–Trinajstić information content (AvgIpc) is 2.72. The van der Waals surface area contributed by atoms with Crippen LogP contribution in [0, 0.1) is 5.92 Å². The molecule has 0 bridgehead atoms. The molecule has 3 aromatic carbocycles. The lowest BCUT2D eigenvalue weighted by atomic mass is 9.98. The van der Waals surface area contributed by atoms with Gasteiger partial charge in [-0.2, -0.15) is 0 Å². The fraction of sp³-hybridized carbons (Fsp3) is 0.308. The summed E-state index contributed by atoms with van der Waals surface area (Å²) in [5.74, 6) is -0.137. The molecule has 0 fully saturated rings. The Kier molecular flexibility index (Phi) is 6.88. The summed E-state index contributed by atoms with van der Waals surface area (Å²) in [6.45, 7) is 9.30. The number of aryl methyl sites for hydroxylation is 1. The molecule has 0 aliphatic heterocycles. The molecule has 3 aromatic rings. The van der Waals surface area contributed by atoms with Crippen LogP contribution in [0.15, 0.2) is 60.7 Å². The normalized spacial score (nSPS) is 11.1. The molecule has 0 spiro atoms. The largest absolute Gasteiger partial charge is 0.462 e. The molecule has 0 radical (unpaired) electrons. The first-order valence-electron chi connectivity index (χ1n) is 10.3. The predicted molar refractivity (Wildman–Crippen MR) is 121 cm³/mol. The number of rotatable bonds is 8. The summed E-state index contributed by atoms with van der Waals surface area (Å²) >= 11 is 0. The van der Waals surface area contributed by atoms with E-state index in [0.717, 1.165) is 30.0 Å². The molecule has 156 valence electrons. The summed E-state index contributed by atoms with van der Waals surface area (Å²) < 4.78 is 10.6. The minimum atomic E-state index is -0.324. The Hall–Kier alpha value is -3.14. The summed E-state index contributed by atoms with van der Waals surface area (Å²) in [6.07, 6.45) is 2.71. The molecule has 3 rings (SSSR count). The smallest absolute Gasteiger partial charge is 0.333 e. The van der Waals surface area contributed by atoms with Crippen LogP contribution in [0.3, 0.4) is 0 Å². The van der Waals surface area contributed by atoms with Crippen LogP contribution in [0.25, 0.3) is 21.5 Å². The molecule has 4 heteroatoms. The van der Waals surface area contributed by atoms with Crippen molar-refractivity contribution in [2.24, 2.45) is 5.92 Å². The second-order valence-electron chi connectivity index (χ2n) is 7.95. The number of fused-ring (bicyclic) bond motifs is 3. The molecule has 0 aliphatic rings. The Morgan fingerprint density at radius 1 is 0.933 bits per heavy atom. The number of hydrogen-bond donors (Lipinski definition) is 0. The molecule has 30 heavy (non-hydrogen) atoms. The number of hydrogen-bond acceptors (Lipinski definition) is 4. The molecule has 0 saturated heterocycles.